The molecule has 0 fully saturated rings. The smallest absolute Gasteiger partial charge is 0.257 e. The molecule has 1 aromatic rings. The number of H-pyrrole nitrogens is 1. The number of nitrogens with zero attached hydrogens (tertiary/aromatic N) is 1. The van der Waals surface area contributed by atoms with Gasteiger partial charge >= 0.3 is 0 Å². The maximum atomic E-state index is 11.9. The van der Waals surface area contributed by atoms with Crippen LogP contribution in [0.5, 0.6) is 0 Å². The zero-order valence-electron chi connectivity index (χ0n) is 10.8. The maximum Gasteiger partial charge on any atom is 0.257 e. The number of rotatable bonds is 8. The lowest BCUT2D eigenvalue weighted by Gasteiger charge is -2.13. The molecule has 1 heterocycles. The number of aromatic nitrogens is 2. The van der Waals surface area contributed by atoms with Crippen molar-refractivity contribution in [2.75, 3.05) is 13.2 Å². The maximum absolute atomic E-state index is 11.9. The number of aliphatic hydroxyl groups excluding tert-OH is 1. The quantitative estimate of drug-likeness (QED) is 0.649. The topological polar surface area (TPSA) is 95.1 Å². The predicted octanol–water partition coefficient (Wildman–Crippen LogP) is 0.659. The molecule has 0 aromatic carbocycles. The first-order valence-corrected chi connectivity index (χ1v) is 7.66. The van der Waals surface area contributed by atoms with Crippen molar-refractivity contribution in [3.8, 4) is 0 Å². The second-order valence-electron chi connectivity index (χ2n) is 4.19. The molecular formula is C11H21N3O3S. The van der Waals surface area contributed by atoms with Crippen LogP contribution >= 0.6 is 0 Å². The van der Waals surface area contributed by atoms with Crippen LogP contribution < -0.4 is 4.72 Å². The van der Waals surface area contributed by atoms with Gasteiger partial charge in [0.05, 0.1) is 6.20 Å². The summed E-state index contributed by atoms with van der Waals surface area (Å²) in [6.45, 7) is 4.28. The van der Waals surface area contributed by atoms with E-state index < -0.39 is 10.0 Å². The van der Waals surface area contributed by atoms with E-state index in [1.54, 1.807) is 0 Å². The van der Waals surface area contributed by atoms with Crippen molar-refractivity contribution < 1.29 is 13.5 Å². The average molecular weight is 275 g/mol. The minimum absolute atomic E-state index is 0.0737. The standard InChI is InChI=1S/C11H21N3O3S/c1-3-9(5-6-15)7-13-18(16,17)11-8-12-10(4-2)14-11/h8-9,13,15H,3-7H2,1-2H3,(H,12,14). The second kappa shape index (κ2) is 6.86. The molecule has 1 aromatic heterocycles. The largest absolute Gasteiger partial charge is 0.396 e. The van der Waals surface area contributed by atoms with Crippen LogP contribution in [0.2, 0.25) is 0 Å². The number of nitrogens with one attached hydrogen (secondary N) is 2. The van der Waals surface area contributed by atoms with E-state index in [1.807, 2.05) is 13.8 Å². The van der Waals surface area contributed by atoms with Gasteiger partial charge in [0.15, 0.2) is 5.03 Å². The van der Waals surface area contributed by atoms with Gasteiger partial charge in [0, 0.05) is 19.6 Å². The molecule has 18 heavy (non-hydrogen) atoms. The van der Waals surface area contributed by atoms with Crippen molar-refractivity contribution in [1.82, 2.24) is 14.7 Å². The van der Waals surface area contributed by atoms with Crippen LogP contribution in [0.4, 0.5) is 0 Å². The first-order valence-electron chi connectivity index (χ1n) is 6.17. The van der Waals surface area contributed by atoms with Gasteiger partial charge in [-0.25, -0.2) is 18.1 Å². The van der Waals surface area contributed by atoms with E-state index in [9.17, 15) is 8.42 Å². The summed E-state index contributed by atoms with van der Waals surface area (Å²) in [6.07, 6.45) is 3.42. The van der Waals surface area contributed by atoms with Gasteiger partial charge in [-0.1, -0.05) is 20.3 Å². The minimum atomic E-state index is -3.52. The molecule has 0 saturated carbocycles. The van der Waals surface area contributed by atoms with Crippen molar-refractivity contribution in [1.29, 1.82) is 0 Å². The molecule has 0 radical (unpaired) electrons. The van der Waals surface area contributed by atoms with E-state index in [2.05, 4.69) is 14.7 Å². The SMILES string of the molecule is CCc1ncc(S(=O)(=O)NCC(CC)CCO)[nH]1. The van der Waals surface area contributed by atoms with Crippen molar-refractivity contribution in [2.24, 2.45) is 5.92 Å². The van der Waals surface area contributed by atoms with Gasteiger partial charge in [-0.15, -0.1) is 0 Å². The molecule has 7 heteroatoms. The first kappa shape index (κ1) is 15.1. The number of aryl methyl sites for hydroxylation is 1. The number of imidazole rings is 1. The summed E-state index contributed by atoms with van der Waals surface area (Å²) in [5.41, 5.74) is 0. The summed E-state index contributed by atoms with van der Waals surface area (Å²) < 4.78 is 26.4. The minimum Gasteiger partial charge on any atom is -0.396 e. The molecule has 0 aliphatic carbocycles. The highest BCUT2D eigenvalue weighted by Gasteiger charge is 2.18. The van der Waals surface area contributed by atoms with Crippen LogP contribution in [-0.2, 0) is 16.4 Å². The molecule has 0 spiro atoms. The molecule has 1 atom stereocenters. The van der Waals surface area contributed by atoms with E-state index in [0.717, 1.165) is 6.42 Å². The molecule has 6 nitrogen and oxygen atoms in total. The lowest BCUT2D eigenvalue weighted by atomic mass is 10.0. The van der Waals surface area contributed by atoms with Crippen molar-refractivity contribution in [3.05, 3.63) is 12.0 Å². The fraction of sp³-hybridized carbons (Fsp3) is 0.727. The van der Waals surface area contributed by atoms with Crippen LogP contribution in [0, 0.1) is 5.92 Å². The number of aromatic amines is 1. The van der Waals surface area contributed by atoms with Gasteiger partial charge in [-0.05, 0) is 12.3 Å². The Labute approximate surface area is 108 Å². The fourth-order valence-corrected chi connectivity index (χ4v) is 2.65. The van der Waals surface area contributed by atoms with Gasteiger partial charge in [0.2, 0.25) is 0 Å². The van der Waals surface area contributed by atoms with Crippen LogP contribution in [0.25, 0.3) is 0 Å². The van der Waals surface area contributed by atoms with Gasteiger partial charge in [-0.2, -0.15) is 0 Å². The fourth-order valence-electron chi connectivity index (χ4n) is 1.60. The van der Waals surface area contributed by atoms with Gasteiger partial charge < -0.3 is 10.1 Å². The third kappa shape index (κ3) is 4.08. The zero-order chi connectivity index (χ0) is 13.6. The van der Waals surface area contributed by atoms with E-state index in [-0.39, 0.29) is 17.6 Å². The molecule has 0 aliphatic heterocycles. The van der Waals surface area contributed by atoms with Gasteiger partial charge in [0.25, 0.3) is 10.0 Å². The Kier molecular flexibility index (Phi) is 5.77. The molecule has 1 unspecified atom stereocenters. The molecular weight excluding hydrogens is 254 g/mol. The van der Waals surface area contributed by atoms with Crippen LogP contribution in [0.1, 0.15) is 32.5 Å². The van der Waals surface area contributed by atoms with E-state index in [4.69, 9.17) is 5.11 Å². The summed E-state index contributed by atoms with van der Waals surface area (Å²) in [5.74, 6) is 0.802. The van der Waals surface area contributed by atoms with Crippen molar-refractivity contribution >= 4 is 10.0 Å². The number of hydrogen-bond acceptors (Lipinski definition) is 4. The van der Waals surface area contributed by atoms with Crippen molar-refractivity contribution in [3.63, 3.8) is 0 Å². The number of hydrogen-bond donors (Lipinski definition) is 3. The average Bonchev–Trinajstić information content (AvgIpc) is 2.84. The summed E-state index contributed by atoms with van der Waals surface area (Å²) in [5, 5.41) is 8.95. The highest BCUT2D eigenvalue weighted by molar-refractivity contribution is 7.89. The lowest BCUT2D eigenvalue weighted by Crippen LogP contribution is -2.30. The van der Waals surface area contributed by atoms with E-state index in [1.165, 1.54) is 6.20 Å². The van der Waals surface area contributed by atoms with E-state index in [0.29, 0.717) is 25.2 Å². The highest BCUT2D eigenvalue weighted by Crippen LogP contribution is 2.10. The summed E-state index contributed by atoms with van der Waals surface area (Å²) in [7, 11) is -3.52. The van der Waals surface area contributed by atoms with Gasteiger partial charge in [-0.3, -0.25) is 0 Å². The Morgan fingerprint density at radius 2 is 2.22 bits per heavy atom. The van der Waals surface area contributed by atoms with Crippen LogP contribution in [0.3, 0.4) is 0 Å². The second-order valence-corrected chi connectivity index (χ2v) is 5.92. The Balaban J connectivity index is 2.64. The normalized spacial score (nSPS) is 13.7. The Morgan fingerprint density at radius 3 is 2.72 bits per heavy atom. The van der Waals surface area contributed by atoms with Crippen LogP contribution in [0.15, 0.2) is 11.2 Å². The van der Waals surface area contributed by atoms with Crippen molar-refractivity contribution in [2.45, 2.75) is 38.1 Å². The predicted molar refractivity (Wildman–Crippen MR) is 68.6 cm³/mol. The molecule has 1 rings (SSSR count). The molecule has 3 N–H and O–H groups in total. The monoisotopic (exact) mass is 275 g/mol. The number of sulfonamides is 1. The summed E-state index contributed by atoms with van der Waals surface area (Å²) in [6, 6.07) is 0. The molecule has 0 amide bonds. The third-order valence-corrected chi connectivity index (χ3v) is 4.24. The van der Waals surface area contributed by atoms with E-state index >= 15 is 0 Å². The molecule has 104 valence electrons. The molecule has 0 aliphatic rings. The molecule has 0 bridgehead atoms. The Morgan fingerprint density at radius 1 is 1.50 bits per heavy atom. The zero-order valence-corrected chi connectivity index (χ0v) is 11.6. The third-order valence-electron chi connectivity index (χ3n) is 2.91. The molecule has 0 saturated heterocycles. The number of aliphatic hydroxyl groups is 1. The first-order chi connectivity index (χ1) is 8.53. The highest BCUT2D eigenvalue weighted by atomic mass is 32.2. The lowest BCUT2D eigenvalue weighted by molar-refractivity contribution is 0.254. The van der Waals surface area contributed by atoms with Gasteiger partial charge in [0.1, 0.15) is 5.82 Å². The Hall–Kier alpha value is -0.920. The van der Waals surface area contributed by atoms with Crippen LogP contribution in [-0.4, -0.2) is 36.6 Å². The Bertz CT molecular complexity index is 456. The summed E-state index contributed by atoms with van der Waals surface area (Å²) in [4.78, 5) is 6.74. The summed E-state index contributed by atoms with van der Waals surface area (Å²) >= 11 is 0.